The monoisotopic (exact) mass is 710 g/mol. The molecule has 268 valence electrons. The van der Waals surface area contributed by atoms with Gasteiger partial charge in [-0.1, -0.05) is 155 Å². The van der Waals surface area contributed by atoms with Crippen LogP contribution < -0.4 is 9.80 Å². The molecule has 2 heterocycles. The molecule has 0 atom stereocenters. The van der Waals surface area contributed by atoms with E-state index in [0.717, 1.165) is 13.0 Å². The van der Waals surface area contributed by atoms with Gasteiger partial charge in [0.2, 0.25) is 0 Å². The van der Waals surface area contributed by atoms with Crippen molar-refractivity contribution in [3.8, 4) is 22.3 Å². The first-order valence-corrected chi connectivity index (χ1v) is 19.8. The van der Waals surface area contributed by atoms with E-state index in [2.05, 4.69) is 207 Å². The number of hydrogen-bond acceptors (Lipinski definition) is 2. The number of anilines is 5. The van der Waals surface area contributed by atoms with Crippen LogP contribution in [0.2, 0.25) is 0 Å². The normalized spacial score (nSPS) is 15.9. The maximum absolute atomic E-state index is 2.52. The van der Waals surface area contributed by atoms with Gasteiger partial charge in [0.05, 0.1) is 11.4 Å². The lowest BCUT2D eigenvalue weighted by Crippen LogP contribution is -2.30. The Morgan fingerprint density at radius 3 is 1.80 bits per heavy atom. The van der Waals surface area contributed by atoms with Crippen LogP contribution in [0, 0.1) is 0 Å². The Kier molecular flexibility index (Phi) is 7.75. The molecule has 3 aliphatic rings. The number of nitrogens with zero attached hydrogens (tertiary/aromatic N) is 2. The van der Waals surface area contributed by atoms with Crippen molar-refractivity contribution in [1.82, 2.24) is 0 Å². The van der Waals surface area contributed by atoms with Crippen molar-refractivity contribution in [1.29, 1.82) is 0 Å². The molecule has 55 heavy (non-hydrogen) atoms. The number of rotatable bonds is 5. The minimum Gasteiger partial charge on any atom is -0.341 e. The van der Waals surface area contributed by atoms with E-state index >= 15 is 0 Å². The number of aryl methyl sites for hydroxylation is 1. The van der Waals surface area contributed by atoms with E-state index in [9.17, 15) is 0 Å². The molecule has 0 spiro atoms. The first-order valence-electron chi connectivity index (χ1n) is 19.8. The van der Waals surface area contributed by atoms with Crippen LogP contribution in [0.1, 0.15) is 73.1 Å². The van der Waals surface area contributed by atoms with Crippen molar-refractivity contribution in [3.63, 3.8) is 0 Å². The van der Waals surface area contributed by atoms with E-state index in [1.165, 1.54) is 96.1 Å². The highest BCUT2D eigenvalue weighted by Gasteiger charge is 2.37. The van der Waals surface area contributed by atoms with Crippen molar-refractivity contribution in [2.75, 3.05) is 16.3 Å². The zero-order valence-corrected chi connectivity index (χ0v) is 32.2. The van der Waals surface area contributed by atoms with Crippen LogP contribution in [0.3, 0.4) is 0 Å². The third-order valence-electron chi connectivity index (χ3n) is 12.6. The highest BCUT2D eigenvalue weighted by molar-refractivity contribution is 5.88. The molecule has 2 heteroatoms. The second-order valence-corrected chi connectivity index (χ2v) is 16.5. The van der Waals surface area contributed by atoms with Gasteiger partial charge in [-0.25, -0.2) is 0 Å². The number of hydrogen-bond donors (Lipinski definition) is 0. The van der Waals surface area contributed by atoms with Gasteiger partial charge >= 0.3 is 0 Å². The van der Waals surface area contributed by atoms with Crippen LogP contribution in [0.15, 0.2) is 158 Å². The highest BCUT2D eigenvalue weighted by atomic mass is 15.2. The highest BCUT2D eigenvalue weighted by Crippen LogP contribution is 2.53. The van der Waals surface area contributed by atoms with Gasteiger partial charge in [0, 0.05) is 34.4 Å². The minimum atomic E-state index is -0.0788. The maximum Gasteiger partial charge on any atom is 0.0502 e. The summed E-state index contributed by atoms with van der Waals surface area (Å²) in [4.78, 5) is 4.95. The Labute approximate surface area is 326 Å². The SMILES string of the molecule is CC1(C)c2cc(/C=C/c3ccc(-c4cccc(N5c6ccccc6C(C)(C)c6ccccc65)c4)cc3)ccc2-c2ccc(N3CCCc4ccccc43)cc21. The predicted molar refractivity (Wildman–Crippen MR) is 233 cm³/mol. The summed E-state index contributed by atoms with van der Waals surface area (Å²) in [6.45, 7) is 10.5. The number of benzene rings is 7. The zero-order chi connectivity index (χ0) is 37.3. The van der Waals surface area contributed by atoms with Gasteiger partial charge in [0.25, 0.3) is 0 Å². The average molecular weight is 711 g/mol. The Hall–Kier alpha value is -6.12. The summed E-state index contributed by atoms with van der Waals surface area (Å²) in [6, 6.07) is 58.7. The van der Waals surface area contributed by atoms with Crippen molar-refractivity contribution >= 4 is 40.6 Å². The lowest BCUT2D eigenvalue weighted by molar-refractivity contribution is 0.632. The maximum atomic E-state index is 2.52. The van der Waals surface area contributed by atoms with Crippen LogP contribution in [-0.4, -0.2) is 6.54 Å². The summed E-state index contributed by atoms with van der Waals surface area (Å²) in [6.07, 6.45) is 6.85. The van der Waals surface area contributed by atoms with Crippen molar-refractivity contribution in [3.05, 3.63) is 197 Å². The van der Waals surface area contributed by atoms with Gasteiger partial charge in [0.1, 0.15) is 0 Å². The Bertz CT molecular complexity index is 2590. The first kappa shape index (κ1) is 33.4. The van der Waals surface area contributed by atoms with Crippen LogP contribution in [0.5, 0.6) is 0 Å². The molecular weight excluding hydrogens is 665 g/mol. The first-order chi connectivity index (χ1) is 26.8. The molecule has 7 aromatic rings. The second-order valence-electron chi connectivity index (χ2n) is 16.5. The summed E-state index contributed by atoms with van der Waals surface area (Å²) >= 11 is 0. The summed E-state index contributed by atoms with van der Waals surface area (Å²) < 4.78 is 0. The summed E-state index contributed by atoms with van der Waals surface area (Å²) in [7, 11) is 0. The third kappa shape index (κ3) is 5.46. The molecule has 0 saturated heterocycles. The summed E-state index contributed by atoms with van der Waals surface area (Å²) in [5.41, 5.74) is 20.7. The Balaban J connectivity index is 0.901. The molecule has 0 N–H and O–H groups in total. The molecule has 0 radical (unpaired) electrons. The number of para-hydroxylation sites is 3. The summed E-state index contributed by atoms with van der Waals surface area (Å²) in [5, 5.41) is 0. The lowest BCUT2D eigenvalue weighted by atomic mass is 9.73. The van der Waals surface area contributed by atoms with Crippen molar-refractivity contribution < 1.29 is 0 Å². The van der Waals surface area contributed by atoms with Crippen LogP contribution in [0.4, 0.5) is 28.4 Å². The quantitative estimate of drug-likeness (QED) is 0.164. The summed E-state index contributed by atoms with van der Waals surface area (Å²) in [5.74, 6) is 0. The van der Waals surface area contributed by atoms with E-state index in [0.29, 0.717) is 0 Å². The second kappa shape index (κ2) is 12.7. The lowest BCUT2D eigenvalue weighted by Gasteiger charge is -2.42. The fourth-order valence-corrected chi connectivity index (χ4v) is 9.57. The molecule has 0 amide bonds. The van der Waals surface area contributed by atoms with E-state index in [-0.39, 0.29) is 10.8 Å². The molecule has 0 fully saturated rings. The predicted octanol–water partition coefficient (Wildman–Crippen LogP) is 14.0. The van der Waals surface area contributed by atoms with Gasteiger partial charge in [-0.2, -0.15) is 0 Å². The molecule has 1 aliphatic carbocycles. The van der Waals surface area contributed by atoms with Gasteiger partial charge < -0.3 is 9.80 Å². The molecular formula is C53H46N2. The standard InChI is InChI=1S/C53H46N2/c1-52(2)45-17-6-9-20-50(45)55(51-21-10-7-18-46(51)52)42-16-11-14-40(34-42)38-27-24-36(25-28-38)22-23-37-26-30-43-44-31-29-41(35-48(44)53(3,4)47(43)33-37)54-32-12-15-39-13-5-8-19-49(39)54/h5-11,13-14,16-31,33-35H,12,15,32H2,1-4H3/b23-22+. The average Bonchev–Trinajstić information content (AvgIpc) is 3.45. The smallest absolute Gasteiger partial charge is 0.0502 e. The van der Waals surface area contributed by atoms with Gasteiger partial charge in [0.15, 0.2) is 0 Å². The van der Waals surface area contributed by atoms with E-state index < -0.39 is 0 Å². The third-order valence-corrected chi connectivity index (χ3v) is 12.6. The largest absolute Gasteiger partial charge is 0.341 e. The molecule has 10 rings (SSSR count). The van der Waals surface area contributed by atoms with Crippen LogP contribution in [0.25, 0.3) is 34.4 Å². The van der Waals surface area contributed by atoms with Gasteiger partial charge in [-0.05, 0) is 117 Å². The molecule has 7 aromatic carbocycles. The topological polar surface area (TPSA) is 6.48 Å². The fourth-order valence-electron chi connectivity index (χ4n) is 9.57. The molecule has 0 saturated carbocycles. The van der Waals surface area contributed by atoms with Gasteiger partial charge in [-0.15, -0.1) is 0 Å². The van der Waals surface area contributed by atoms with Crippen LogP contribution >= 0.6 is 0 Å². The van der Waals surface area contributed by atoms with Crippen molar-refractivity contribution in [2.24, 2.45) is 0 Å². The zero-order valence-electron chi connectivity index (χ0n) is 32.2. The minimum absolute atomic E-state index is 0.0730. The molecule has 2 aliphatic heterocycles. The molecule has 2 nitrogen and oxygen atoms in total. The van der Waals surface area contributed by atoms with E-state index in [1.807, 2.05) is 0 Å². The van der Waals surface area contributed by atoms with Crippen molar-refractivity contribution in [2.45, 2.75) is 51.4 Å². The molecule has 0 bridgehead atoms. The molecule has 0 unspecified atom stereocenters. The van der Waals surface area contributed by atoms with E-state index in [4.69, 9.17) is 0 Å². The molecule has 0 aromatic heterocycles. The Morgan fingerprint density at radius 1 is 0.455 bits per heavy atom. The van der Waals surface area contributed by atoms with E-state index in [1.54, 1.807) is 0 Å². The number of fused-ring (bicyclic) bond motifs is 6. The Morgan fingerprint density at radius 2 is 1.05 bits per heavy atom. The van der Waals surface area contributed by atoms with Gasteiger partial charge in [-0.3, -0.25) is 0 Å². The fraction of sp³-hybridized carbons (Fsp3) is 0.170. The van der Waals surface area contributed by atoms with Crippen LogP contribution in [-0.2, 0) is 17.3 Å².